The highest BCUT2D eigenvalue weighted by Crippen LogP contribution is 2.45. The molecule has 0 aliphatic heterocycles. The van der Waals surface area contributed by atoms with Crippen LogP contribution in [0.25, 0.3) is 10.8 Å². The Kier molecular flexibility index (Phi) is 4.10. The van der Waals surface area contributed by atoms with Crippen molar-refractivity contribution in [3.63, 3.8) is 0 Å². The van der Waals surface area contributed by atoms with E-state index in [-0.39, 0.29) is 26.4 Å². The molecule has 3 rings (SSSR count). The van der Waals surface area contributed by atoms with E-state index in [1.165, 1.54) is 12.1 Å². The molecule has 3 aromatic rings. The number of halogens is 2. The van der Waals surface area contributed by atoms with Crippen molar-refractivity contribution in [3.05, 3.63) is 64.6 Å². The van der Waals surface area contributed by atoms with Crippen molar-refractivity contribution in [2.24, 2.45) is 0 Å². The molecule has 0 saturated carbocycles. The van der Waals surface area contributed by atoms with Crippen LogP contribution < -0.4 is 4.72 Å². The molecule has 0 bridgehead atoms. The van der Waals surface area contributed by atoms with Crippen LogP contribution in [0.3, 0.4) is 0 Å². The van der Waals surface area contributed by atoms with E-state index in [1.807, 2.05) is 0 Å². The van der Waals surface area contributed by atoms with Gasteiger partial charge in [0.1, 0.15) is 10.8 Å². The maximum absolute atomic E-state index is 12.5. The highest BCUT2D eigenvalue weighted by atomic mass is 35.5. The molecule has 0 heterocycles. The van der Waals surface area contributed by atoms with Crippen LogP contribution in [-0.4, -0.2) is 13.5 Å². The lowest BCUT2D eigenvalue weighted by atomic mass is 10.1. The summed E-state index contributed by atoms with van der Waals surface area (Å²) >= 11 is 12.2. The smallest absolute Gasteiger partial charge is 0.261 e. The Morgan fingerprint density at radius 1 is 0.826 bits per heavy atom. The number of phenols is 1. The Bertz CT molecular complexity index is 989. The topological polar surface area (TPSA) is 66.4 Å². The number of anilines is 1. The summed E-state index contributed by atoms with van der Waals surface area (Å²) in [6, 6.07) is 14.6. The van der Waals surface area contributed by atoms with Crippen LogP contribution in [0.2, 0.25) is 10.0 Å². The molecule has 0 aromatic heterocycles. The first-order valence-corrected chi connectivity index (χ1v) is 8.82. The minimum absolute atomic E-state index is 0.0534. The fraction of sp³-hybridized carbons (Fsp3) is 0. The van der Waals surface area contributed by atoms with Gasteiger partial charge in [0.05, 0.1) is 15.6 Å². The van der Waals surface area contributed by atoms with Crippen LogP contribution in [0.5, 0.6) is 5.75 Å². The molecule has 2 N–H and O–H groups in total. The molecular weight excluding hydrogens is 357 g/mol. The summed E-state index contributed by atoms with van der Waals surface area (Å²) in [5.74, 6) is -0.185. The molecule has 7 heteroatoms. The van der Waals surface area contributed by atoms with Crippen LogP contribution in [0.4, 0.5) is 5.69 Å². The second-order valence-electron chi connectivity index (χ2n) is 4.82. The summed E-state index contributed by atoms with van der Waals surface area (Å²) in [5.41, 5.74) is 0.133. The lowest BCUT2D eigenvalue weighted by molar-refractivity contribution is 0.482. The van der Waals surface area contributed by atoms with Crippen LogP contribution in [0.15, 0.2) is 59.5 Å². The zero-order valence-electron chi connectivity index (χ0n) is 11.6. The molecule has 0 aliphatic rings. The highest BCUT2D eigenvalue weighted by Gasteiger charge is 2.21. The first kappa shape index (κ1) is 15.9. The number of fused-ring (bicyclic) bond motifs is 1. The first-order chi connectivity index (χ1) is 10.9. The van der Waals surface area contributed by atoms with Gasteiger partial charge in [0.15, 0.2) is 0 Å². The standard InChI is InChI=1S/C16H11Cl2NO3S/c17-13-14(18)16(20)12-9-5-4-8-11(12)15(13)19-23(21,22)10-6-2-1-3-7-10/h1-9,19-20H. The van der Waals surface area contributed by atoms with E-state index in [1.54, 1.807) is 42.5 Å². The van der Waals surface area contributed by atoms with Gasteiger partial charge in [0.25, 0.3) is 10.0 Å². The van der Waals surface area contributed by atoms with Gasteiger partial charge in [0, 0.05) is 10.8 Å². The molecule has 4 nitrogen and oxygen atoms in total. The zero-order valence-corrected chi connectivity index (χ0v) is 14.0. The molecule has 0 atom stereocenters. The van der Waals surface area contributed by atoms with Crippen LogP contribution >= 0.6 is 23.2 Å². The van der Waals surface area contributed by atoms with E-state index in [0.29, 0.717) is 10.8 Å². The van der Waals surface area contributed by atoms with Gasteiger partial charge in [-0.25, -0.2) is 8.42 Å². The van der Waals surface area contributed by atoms with E-state index in [4.69, 9.17) is 23.2 Å². The quantitative estimate of drug-likeness (QED) is 0.661. The van der Waals surface area contributed by atoms with E-state index >= 15 is 0 Å². The SMILES string of the molecule is O=S(=O)(Nc1c(Cl)c(Cl)c(O)c2ccccc12)c1ccccc1. The van der Waals surface area contributed by atoms with Gasteiger partial charge in [-0.1, -0.05) is 65.7 Å². The summed E-state index contributed by atoms with van der Waals surface area (Å²) in [5, 5.41) is 10.8. The molecular formula is C16H11Cl2NO3S. The number of aromatic hydroxyl groups is 1. The van der Waals surface area contributed by atoms with Crippen molar-refractivity contribution in [1.82, 2.24) is 0 Å². The molecule has 0 unspecified atom stereocenters. The molecule has 0 spiro atoms. The van der Waals surface area contributed by atoms with E-state index < -0.39 is 10.0 Å². The molecule has 0 saturated heterocycles. The van der Waals surface area contributed by atoms with Gasteiger partial charge in [0.2, 0.25) is 0 Å². The van der Waals surface area contributed by atoms with Crippen molar-refractivity contribution >= 4 is 49.7 Å². The Morgan fingerprint density at radius 3 is 2.04 bits per heavy atom. The minimum Gasteiger partial charge on any atom is -0.506 e. The second kappa shape index (κ2) is 5.92. The summed E-state index contributed by atoms with van der Waals surface area (Å²) in [7, 11) is -3.83. The molecule has 3 aromatic carbocycles. The number of sulfonamides is 1. The number of hydrogen-bond acceptors (Lipinski definition) is 3. The van der Waals surface area contributed by atoms with Crippen molar-refractivity contribution in [2.45, 2.75) is 4.90 Å². The van der Waals surface area contributed by atoms with Crippen molar-refractivity contribution in [1.29, 1.82) is 0 Å². The molecule has 0 radical (unpaired) electrons. The lowest BCUT2D eigenvalue weighted by Gasteiger charge is -2.15. The predicted octanol–water partition coefficient (Wildman–Crippen LogP) is 4.65. The number of rotatable bonds is 3. The predicted molar refractivity (Wildman–Crippen MR) is 92.9 cm³/mol. The van der Waals surface area contributed by atoms with Gasteiger partial charge in [-0.2, -0.15) is 0 Å². The van der Waals surface area contributed by atoms with E-state index in [0.717, 1.165) is 0 Å². The Labute approximate surface area is 143 Å². The van der Waals surface area contributed by atoms with Crippen LogP contribution in [0, 0.1) is 0 Å². The maximum Gasteiger partial charge on any atom is 0.261 e. The normalized spacial score (nSPS) is 11.6. The highest BCUT2D eigenvalue weighted by molar-refractivity contribution is 7.92. The number of benzene rings is 3. The van der Waals surface area contributed by atoms with Gasteiger partial charge >= 0.3 is 0 Å². The lowest BCUT2D eigenvalue weighted by Crippen LogP contribution is -2.13. The number of phenolic OH excluding ortho intramolecular Hbond substituents is 1. The van der Waals surface area contributed by atoms with Crippen molar-refractivity contribution < 1.29 is 13.5 Å². The fourth-order valence-corrected chi connectivity index (χ4v) is 3.86. The largest absolute Gasteiger partial charge is 0.506 e. The third-order valence-corrected chi connectivity index (χ3v) is 5.57. The Hall–Kier alpha value is -1.95. The van der Waals surface area contributed by atoms with Gasteiger partial charge in [-0.3, -0.25) is 4.72 Å². The Balaban J connectivity index is 2.22. The monoisotopic (exact) mass is 367 g/mol. The molecule has 0 fully saturated rings. The van der Waals surface area contributed by atoms with Gasteiger partial charge in [-0.05, 0) is 12.1 Å². The average molecular weight is 368 g/mol. The Morgan fingerprint density at radius 2 is 1.39 bits per heavy atom. The molecule has 0 aliphatic carbocycles. The average Bonchev–Trinajstić information content (AvgIpc) is 2.57. The molecule has 118 valence electrons. The minimum atomic E-state index is -3.83. The van der Waals surface area contributed by atoms with E-state index in [2.05, 4.69) is 4.72 Å². The maximum atomic E-state index is 12.5. The van der Waals surface area contributed by atoms with Gasteiger partial charge in [-0.15, -0.1) is 0 Å². The second-order valence-corrected chi connectivity index (χ2v) is 7.25. The zero-order chi connectivity index (χ0) is 16.6. The first-order valence-electron chi connectivity index (χ1n) is 6.58. The third-order valence-electron chi connectivity index (χ3n) is 3.36. The molecule has 23 heavy (non-hydrogen) atoms. The summed E-state index contributed by atoms with van der Waals surface area (Å²) in [6.45, 7) is 0. The van der Waals surface area contributed by atoms with Crippen LogP contribution in [0.1, 0.15) is 0 Å². The summed E-state index contributed by atoms with van der Waals surface area (Å²) in [4.78, 5) is 0.101. The fourth-order valence-electron chi connectivity index (χ4n) is 2.25. The van der Waals surface area contributed by atoms with Crippen molar-refractivity contribution in [2.75, 3.05) is 4.72 Å². The van der Waals surface area contributed by atoms with E-state index in [9.17, 15) is 13.5 Å². The molecule has 0 amide bonds. The van der Waals surface area contributed by atoms with Crippen LogP contribution in [-0.2, 0) is 10.0 Å². The summed E-state index contributed by atoms with van der Waals surface area (Å²) in [6.07, 6.45) is 0. The van der Waals surface area contributed by atoms with Crippen molar-refractivity contribution in [3.8, 4) is 5.75 Å². The number of nitrogens with one attached hydrogen (secondary N) is 1. The summed E-state index contributed by atoms with van der Waals surface area (Å²) < 4.78 is 27.5. The third kappa shape index (κ3) is 2.83. The van der Waals surface area contributed by atoms with Gasteiger partial charge < -0.3 is 5.11 Å². The number of hydrogen-bond donors (Lipinski definition) is 2.